The van der Waals surface area contributed by atoms with Gasteiger partial charge in [0.1, 0.15) is 6.07 Å². The fourth-order valence-electron chi connectivity index (χ4n) is 3.32. The Kier molecular flexibility index (Phi) is 7.09. The van der Waals surface area contributed by atoms with Crippen LogP contribution in [0.3, 0.4) is 0 Å². The Bertz CT molecular complexity index is 915. The van der Waals surface area contributed by atoms with Gasteiger partial charge in [0.25, 0.3) is 0 Å². The van der Waals surface area contributed by atoms with Gasteiger partial charge < -0.3 is 15.5 Å². The highest BCUT2D eigenvalue weighted by molar-refractivity contribution is 6.40. The van der Waals surface area contributed by atoms with Crippen molar-refractivity contribution in [3.63, 3.8) is 0 Å². The summed E-state index contributed by atoms with van der Waals surface area (Å²) < 4.78 is 0. The molecule has 2 amide bonds. The quantitative estimate of drug-likeness (QED) is 0.563. The van der Waals surface area contributed by atoms with Crippen LogP contribution in [0.4, 0.5) is 11.4 Å². The van der Waals surface area contributed by atoms with Crippen molar-refractivity contribution in [1.82, 2.24) is 5.32 Å². The monoisotopic (exact) mass is 410 g/mol. The maximum absolute atomic E-state index is 12.0. The Balaban J connectivity index is 1.42. The molecule has 0 unspecified atom stereocenters. The van der Waals surface area contributed by atoms with Gasteiger partial charge in [-0.25, -0.2) is 0 Å². The molecule has 0 saturated carbocycles. The normalized spacial score (nSPS) is 13.0. The third-order valence-corrected chi connectivity index (χ3v) is 5.13. The van der Waals surface area contributed by atoms with Crippen LogP contribution in [-0.2, 0) is 16.0 Å². The van der Waals surface area contributed by atoms with E-state index < -0.39 is 11.8 Å². The number of nitrogens with one attached hydrogen (secondary N) is 2. The molecule has 0 radical (unpaired) electrons. The minimum atomic E-state index is -0.821. The number of rotatable bonds is 6. The summed E-state index contributed by atoms with van der Waals surface area (Å²) in [4.78, 5) is 26.4. The molecule has 0 aromatic heterocycles. The molecule has 2 aromatic carbocycles. The summed E-state index contributed by atoms with van der Waals surface area (Å²) >= 11 is 5.88. The lowest BCUT2D eigenvalue weighted by molar-refractivity contribution is -0.136. The molecule has 2 aromatic rings. The van der Waals surface area contributed by atoms with Crippen LogP contribution in [0.1, 0.15) is 30.4 Å². The molecule has 150 valence electrons. The SMILES string of the molecule is N#Cc1ccc(Cl)cc1NC(=O)C(=O)NCCCc1ccc(N2CCCC2)cc1. The zero-order valence-electron chi connectivity index (χ0n) is 16.1. The van der Waals surface area contributed by atoms with Crippen LogP contribution >= 0.6 is 11.6 Å². The number of anilines is 2. The smallest absolute Gasteiger partial charge is 0.313 e. The second kappa shape index (κ2) is 9.94. The summed E-state index contributed by atoms with van der Waals surface area (Å²) in [6, 6.07) is 15.0. The van der Waals surface area contributed by atoms with Crippen molar-refractivity contribution in [1.29, 1.82) is 5.26 Å². The Morgan fingerprint density at radius 2 is 1.79 bits per heavy atom. The van der Waals surface area contributed by atoms with Gasteiger partial charge in [0.05, 0.1) is 11.3 Å². The lowest BCUT2D eigenvalue weighted by Crippen LogP contribution is -2.36. The van der Waals surface area contributed by atoms with E-state index in [4.69, 9.17) is 16.9 Å². The minimum absolute atomic E-state index is 0.221. The molecule has 7 heteroatoms. The summed E-state index contributed by atoms with van der Waals surface area (Å²) in [5.74, 6) is -1.56. The highest BCUT2D eigenvalue weighted by Gasteiger charge is 2.15. The summed E-state index contributed by atoms with van der Waals surface area (Å²) in [7, 11) is 0. The highest BCUT2D eigenvalue weighted by Crippen LogP contribution is 2.21. The first kappa shape index (κ1) is 20.7. The molecule has 0 atom stereocenters. The van der Waals surface area contributed by atoms with Crippen LogP contribution in [0.25, 0.3) is 0 Å². The summed E-state index contributed by atoms with van der Waals surface area (Å²) in [6.45, 7) is 2.64. The number of amides is 2. The molecule has 3 rings (SSSR count). The topological polar surface area (TPSA) is 85.2 Å². The van der Waals surface area contributed by atoms with Crippen molar-refractivity contribution in [3.8, 4) is 6.07 Å². The van der Waals surface area contributed by atoms with E-state index in [1.807, 2.05) is 6.07 Å². The number of aryl methyl sites for hydroxylation is 1. The molecule has 1 heterocycles. The summed E-state index contributed by atoms with van der Waals surface area (Å²) in [6.07, 6.45) is 4.05. The zero-order valence-corrected chi connectivity index (χ0v) is 16.8. The van der Waals surface area contributed by atoms with Crippen LogP contribution in [-0.4, -0.2) is 31.4 Å². The number of nitrogens with zero attached hydrogens (tertiary/aromatic N) is 2. The van der Waals surface area contributed by atoms with Crippen LogP contribution in [0.15, 0.2) is 42.5 Å². The van der Waals surface area contributed by atoms with Gasteiger partial charge in [-0.2, -0.15) is 5.26 Å². The van der Waals surface area contributed by atoms with E-state index in [0.717, 1.165) is 25.9 Å². The molecule has 29 heavy (non-hydrogen) atoms. The van der Waals surface area contributed by atoms with E-state index in [-0.39, 0.29) is 11.3 Å². The molecule has 0 spiro atoms. The van der Waals surface area contributed by atoms with E-state index in [1.165, 1.54) is 36.2 Å². The fourth-order valence-corrected chi connectivity index (χ4v) is 3.49. The molecule has 1 aliphatic rings. The second-order valence-electron chi connectivity index (χ2n) is 6.98. The fraction of sp³-hybridized carbons (Fsp3) is 0.318. The third kappa shape index (κ3) is 5.72. The average molecular weight is 411 g/mol. The number of benzene rings is 2. The van der Waals surface area contributed by atoms with E-state index in [0.29, 0.717) is 11.6 Å². The molecular weight excluding hydrogens is 388 g/mol. The van der Waals surface area contributed by atoms with Gasteiger partial charge in [0.15, 0.2) is 0 Å². The number of carbonyl (C=O) groups is 2. The maximum Gasteiger partial charge on any atom is 0.313 e. The van der Waals surface area contributed by atoms with Crippen molar-refractivity contribution >= 4 is 34.8 Å². The van der Waals surface area contributed by atoms with Crippen molar-refractivity contribution < 1.29 is 9.59 Å². The summed E-state index contributed by atoms with van der Waals surface area (Å²) in [5, 5.41) is 14.5. The first-order valence-electron chi connectivity index (χ1n) is 9.69. The van der Waals surface area contributed by atoms with Gasteiger partial charge in [-0.3, -0.25) is 9.59 Å². The Morgan fingerprint density at radius 3 is 2.48 bits per heavy atom. The lowest BCUT2D eigenvalue weighted by atomic mass is 10.1. The average Bonchev–Trinajstić information content (AvgIpc) is 3.26. The largest absolute Gasteiger partial charge is 0.372 e. The van der Waals surface area contributed by atoms with Crippen molar-refractivity contribution in [2.45, 2.75) is 25.7 Å². The maximum atomic E-state index is 12.0. The van der Waals surface area contributed by atoms with E-state index in [2.05, 4.69) is 39.8 Å². The third-order valence-electron chi connectivity index (χ3n) is 4.89. The van der Waals surface area contributed by atoms with E-state index in [1.54, 1.807) is 6.07 Å². The van der Waals surface area contributed by atoms with Crippen molar-refractivity contribution in [2.75, 3.05) is 29.9 Å². The molecule has 1 aliphatic heterocycles. The molecular formula is C22H23ClN4O2. The van der Waals surface area contributed by atoms with Gasteiger partial charge in [-0.1, -0.05) is 23.7 Å². The second-order valence-corrected chi connectivity index (χ2v) is 7.41. The molecule has 2 N–H and O–H groups in total. The Hall–Kier alpha value is -3.04. The molecule has 1 fully saturated rings. The number of halogens is 1. The van der Waals surface area contributed by atoms with Crippen LogP contribution in [0.2, 0.25) is 5.02 Å². The van der Waals surface area contributed by atoms with Crippen LogP contribution < -0.4 is 15.5 Å². The Labute approximate surface area is 175 Å². The minimum Gasteiger partial charge on any atom is -0.372 e. The number of nitriles is 1. The van der Waals surface area contributed by atoms with Gasteiger partial charge in [0, 0.05) is 30.3 Å². The van der Waals surface area contributed by atoms with Crippen molar-refractivity contribution in [2.24, 2.45) is 0 Å². The first-order chi connectivity index (χ1) is 14.1. The summed E-state index contributed by atoms with van der Waals surface area (Å²) in [5.41, 5.74) is 2.92. The van der Waals surface area contributed by atoms with Crippen LogP contribution in [0, 0.1) is 11.3 Å². The van der Waals surface area contributed by atoms with Crippen molar-refractivity contribution in [3.05, 3.63) is 58.6 Å². The van der Waals surface area contributed by atoms with Gasteiger partial charge in [0.2, 0.25) is 0 Å². The van der Waals surface area contributed by atoms with Gasteiger partial charge >= 0.3 is 11.8 Å². The Morgan fingerprint density at radius 1 is 1.07 bits per heavy atom. The zero-order chi connectivity index (χ0) is 20.6. The van der Waals surface area contributed by atoms with Crippen LogP contribution in [0.5, 0.6) is 0 Å². The van der Waals surface area contributed by atoms with Gasteiger partial charge in [-0.15, -0.1) is 0 Å². The number of carbonyl (C=O) groups excluding carboxylic acids is 2. The first-order valence-corrected chi connectivity index (χ1v) is 10.1. The highest BCUT2D eigenvalue weighted by atomic mass is 35.5. The number of hydrogen-bond donors (Lipinski definition) is 2. The standard InChI is InChI=1S/C22H23ClN4O2/c23-18-8-7-17(15-24)20(14-18)26-22(29)21(28)25-11-3-4-16-5-9-19(10-6-16)27-12-1-2-13-27/h5-10,14H,1-4,11-13H2,(H,25,28)(H,26,29). The van der Waals surface area contributed by atoms with E-state index >= 15 is 0 Å². The molecule has 1 saturated heterocycles. The predicted molar refractivity (Wildman–Crippen MR) is 114 cm³/mol. The lowest BCUT2D eigenvalue weighted by Gasteiger charge is -2.17. The molecule has 0 aliphatic carbocycles. The number of hydrogen-bond acceptors (Lipinski definition) is 4. The molecule has 0 bridgehead atoms. The molecule has 6 nitrogen and oxygen atoms in total. The predicted octanol–water partition coefficient (Wildman–Crippen LogP) is 3.50. The van der Waals surface area contributed by atoms with E-state index in [9.17, 15) is 9.59 Å². The van der Waals surface area contributed by atoms with Gasteiger partial charge in [-0.05, 0) is 61.6 Å².